The van der Waals surface area contributed by atoms with Crippen molar-refractivity contribution >= 4 is 0 Å². The van der Waals surface area contributed by atoms with Gasteiger partial charge in [0.2, 0.25) is 5.79 Å². The van der Waals surface area contributed by atoms with Gasteiger partial charge in [-0.15, -0.1) is 0 Å². The summed E-state index contributed by atoms with van der Waals surface area (Å²) in [4.78, 5) is 0. The Bertz CT molecular complexity index is 317. The van der Waals surface area contributed by atoms with Crippen molar-refractivity contribution in [2.45, 2.75) is 39.4 Å². The SMILES string of the molecule is CCCC#C/C=C1\C=CC(C)(OCC)O1. The zero-order valence-corrected chi connectivity index (χ0v) is 9.67. The summed E-state index contributed by atoms with van der Waals surface area (Å²) in [5, 5.41) is 0. The normalized spacial score (nSPS) is 26.2. The molecule has 0 aromatic carbocycles. The van der Waals surface area contributed by atoms with E-state index in [2.05, 4.69) is 18.8 Å². The van der Waals surface area contributed by atoms with Crippen molar-refractivity contribution in [2.24, 2.45) is 0 Å². The van der Waals surface area contributed by atoms with Gasteiger partial charge in [0, 0.05) is 26.0 Å². The molecule has 1 heterocycles. The number of hydrogen-bond acceptors (Lipinski definition) is 2. The van der Waals surface area contributed by atoms with E-state index in [9.17, 15) is 0 Å². The van der Waals surface area contributed by atoms with Crippen molar-refractivity contribution in [2.75, 3.05) is 6.61 Å². The molecule has 1 atom stereocenters. The van der Waals surface area contributed by atoms with Crippen molar-refractivity contribution in [3.05, 3.63) is 24.0 Å². The minimum Gasteiger partial charge on any atom is -0.458 e. The minimum atomic E-state index is -0.604. The van der Waals surface area contributed by atoms with Gasteiger partial charge in [0.1, 0.15) is 5.76 Å². The van der Waals surface area contributed by atoms with Gasteiger partial charge in [-0.1, -0.05) is 18.8 Å². The highest BCUT2D eigenvalue weighted by Crippen LogP contribution is 2.26. The lowest BCUT2D eigenvalue weighted by atomic mass is 10.3. The average Bonchev–Trinajstić information content (AvgIpc) is 2.56. The summed E-state index contributed by atoms with van der Waals surface area (Å²) in [5.41, 5.74) is 0. The Hall–Kier alpha value is -1.20. The van der Waals surface area contributed by atoms with Crippen LogP contribution in [0.2, 0.25) is 0 Å². The smallest absolute Gasteiger partial charge is 0.227 e. The number of allylic oxidation sites excluding steroid dienone is 2. The molecule has 0 aromatic heterocycles. The maximum Gasteiger partial charge on any atom is 0.227 e. The quantitative estimate of drug-likeness (QED) is 0.661. The lowest BCUT2D eigenvalue weighted by Gasteiger charge is -2.22. The second-order valence-corrected chi connectivity index (χ2v) is 3.50. The number of hydrogen-bond donors (Lipinski definition) is 0. The van der Waals surface area contributed by atoms with Crippen LogP contribution in [0.25, 0.3) is 0 Å². The van der Waals surface area contributed by atoms with Crippen LogP contribution < -0.4 is 0 Å². The highest BCUT2D eigenvalue weighted by molar-refractivity contribution is 5.29. The largest absolute Gasteiger partial charge is 0.458 e. The van der Waals surface area contributed by atoms with Crippen LogP contribution in [0.4, 0.5) is 0 Å². The van der Waals surface area contributed by atoms with Crippen LogP contribution in [-0.4, -0.2) is 12.4 Å². The van der Waals surface area contributed by atoms with E-state index in [1.54, 1.807) is 6.08 Å². The Labute approximate surface area is 92.0 Å². The molecule has 82 valence electrons. The monoisotopic (exact) mass is 206 g/mol. The Morgan fingerprint density at radius 2 is 2.33 bits per heavy atom. The first-order valence-corrected chi connectivity index (χ1v) is 5.41. The van der Waals surface area contributed by atoms with Crippen molar-refractivity contribution < 1.29 is 9.47 Å². The molecule has 1 aliphatic heterocycles. The van der Waals surface area contributed by atoms with Gasteiger partial charge in [-0.25, -0.2) is 0 Å². The fourth-order valence-electron chi connectivity index (χ4n) is 1.30. The maximum absolute atomic E-state index is 5.59. The van der Waals surface area contributed by atoms with Gasteiger partial charge in [-0.2, -0.15) is 0 Å². The Kier molecular flexibility index (Phi) is 4.45. The Balaban J connectivity index is 2.51. The Morgan fingerprint density at radius 1 is 1.53 bits per heavy atom. The molecule has 1 aliphatic rings. The highest BCUT2D eigenvalue weighted by Gasteiger charge is 2.28. The molecule has 15 heavy (non-hydrogen) atoms. The Morgan fingerprint density at radius 3 is 3.00 bits per heavy atom. The van der Waals surface area contributed by atoms with E-state index in [1.807, 2.05) is 26.0 Å². The van der Waals surface area contributed by atoms with Gasteiger partial charge < -0.3 is 9.47 Å². The first-order chi connectivity index (χ1) is 7.20. The van der Waals surface area contributed by atoms with E-state index >= 15 is 0 Å². The van der Waals surface area contributed by atoms with Crippen LogP contribution in [0.15, 0.2) is 24.0 Å². The van der Waals surface area contributed by atoms with E-state index in [0.29, 0.717) is 6.61 Å². The van der Waals surface area contributed by atoms with Gasteiger partial charge in [0.25, 0.3) is 0 Å². The van der Waals surface area contributed by atoms with E-state index < -0.39 is 5.79 Å². The molecule has 0 amide bonds. The summed E-state index contributed by atoms with van der Waals surface area (Å²) >= 11 is 0. The summed E-state index contributed by atoms with van der Waals surface area (Å²) in [6, 6.07) is 0. The van der Waals surface area contributed by atoms with Crippen molar-refractivity contribution in [3.8, 4) is 11.8 Å². The highest BCUT2D eigenvalue weighted by atomic mass is 16.7. The summed E-state index contributed by atoms with van der Waals surface area (Å²) in [6.07, 6.45) is 7.61. The van der Waals surface area contributed by atoms with Crippen molar-refractivity contribution in [1.29, 1.82) is 0 Å². The van der Waals surface area contributed by atoms with Gasteiger partial charge in [-0.05, 0) is 25.5 Å². The molecule has 0 aromatic rings. The van der Waals surface area contributed by atoms with Crippen LogP contribution in [-0.2, 0) is 9.47 Å². The zero-order valence-electron chi connectivity index (χ0n) is 9.67. The van der Waals surface area contributed by atoms with Crippen LogP contribution in [0.3, 0.4) is 0 Å². The van der Waals surface area contributed by atoms with Crippen LogP contribution in [0.5, 0.6) is 0 Å². The van der Waals surface area contributed by atoms with Gasteiger partial charge in [0.05, 0.1) is 0 Å². The fourth-order valence-corrected chi connectivity index (χ4v) is 1.30. The fraction of sp³-hybridized carbons (Fsp3) is 0.538. The molecule has 2 nitrogen and oxygen atoms in total. The molecule has 0 N–H and O–H groups in total. The summed E-state index contributed by atoms with van der Waals surface area (Å²) in [7, 11) is 0. The topological polar surface area (TPSA) is 18.5 Å². The van der Waals surface area contributed by atoms with E-state index in [4.69, 9.17) is 9.47 Å². The van der Waals surface area contributed by atoms with Crippen LogP contribution >= 0.6 is 0 Å². The molecule has 0 spiro atoms. The molecule has 0 radical (unpaired) electrons. The predicted molar refractivity (Wildman–Crippen MR) is 61.0 cm³/mol. The molecule has 0 saturated heterocycles. The van der Waals surface area contributed by atoms with Gasteiger partial charge in [-0.3, -0.25) is 0 Å². The van der Waals surface area contributed by atoms with Crippen LogP contribution in [0.1, 0.15) is 33.6 Å². The van der Waals surface area contributed by atoms with Gasteiger partial charge in [0.15, 0.2) is 0 Å². The molecule has 1 unspecified atom stereocenters. The molecular formula is C13H18O2. The van der Waals surface area contributed by atoms with E-state index in [-0.39, 0.29) is 0 Å². The second-order valence-electron chi connectivity index (χ2n) is 3.50. The van der Waals surface area contributed by atoms with E-state index in [0.717, 1.165) is 18.6 Å². The first-order valence-electron chi connectivity index (χ1n) is 5.41. The van der Waals surface area contributed by atoms with E-state index in [1.165, 1.54) is 0 Å². The number of unbranched alkanes of at least 4 members (excludes halogenated alkanes) is 1. The third-order valence-corrected chi connectivity index (χ3v) is 1.99. The third-order valence-electron chi connectivity index (χ3n) is 1.99. The molecule has 0 saturated carbocycles. The molecule has 0 bridgehead atoms. The third kappa shape index (κ3) is 3.81. The maximum atomic E-state index is 5.59. The summed E-state index contributed by atoms with van der Waals surface area (Å²) < 4.78 is 11.0. The minimum absolute atomic E-state index is 0.604. The first kappa shape index (κ1) is 11.9. The second kappa shape index (κ2) is 5.63. The molecular weight excluding hydrogens is 188 g/mol. The number of ether oxygens (including phenoxy) is 2. The standard InChI is InChI=1S/C13H18O2/c1-4-6-7-8-9-12-10-11-13(3,15-12)14-5-2/h9-11H,4-6H2,1-3H3/b12-9+. The lowest BCUT2D eigenvalue weighted by molar-refractivity contribution is -0.153. The zero-order chi connectivity index (χ0) is 11.1. The molecule has 1 rings (SSSR count). The molecule has 2 heteroatoms. The van der Waals surface area contributed by atoms with Crippen LogP contribution in [0, 0.1) is 11.8 Å². The molecule has 0 fully saturated rings. The lowest BCUT2D eigenvalue weighted by Crippen LogP contribution is -2.25. The summed E-state index contributed by atoms with van der Waals surface area (Å²) in [6.45, 7) is 6.59. The predicted octanol–water partition coefficient (Wildman–Crippen LogP) is 3.01. The van der Waals surface area contributed by atoms with Crippen molar-refractivity contribution in [3.63, 3.8) is 0 Å². The molecule has 0 aliphatic carbocycles. The van der Waals surface area contributed by atoms with Gasteiger partial charge >= 0.3 is 0 Å². The summed E-state index contributed by atoms with van der Waals surface area (Å²) in [5.74, 6) is 6.17. The average molecular weight is 206 g/mol. The number of rotatable bonds is 3. The van der Waals surface area contributed by atoms with Crippen molar-refractivity contribution in [1.82, 2.24) is 0 Å².